The molecule has 0 radical (unpaired) electrons. The van der Waals surface area contributed by atoms with Crippen LogP contribution in [0, 0.1) is 0 Å². The standard InChI is InChI=1S/C11H14Cl2N2OS/c12-9-5-4-8(7-10(9)13)17-6-2-1-3-11(16)15-14/h4-5,7H,1-3,6,14H2,(H,15,16). The zero-order valence-electron chi connectivity index (χ0n) is 9.21. The summed E-state index contributed by atoms with van der Waals surface area (Å²) in [6.07, 6.45) is 2.26. The van der Waals surface area contributed by atoms with Crippen molar-refractivity contribution in [3.8, 4) is 0 Å². The van der Waals surface area contributed by atoms with Crippen molar-refractivity contribution in [1.29, 1.82) is 0 Å². The van der Waals surface area contributed by atoms with E-state index in [1.165, 1.54) is 0 Å². The van der Waals surface area contributed by atoms with E-state index in [0.717, 1.165) is 23.5 Å². The predicted molar refractivity (Wildman–Crippen MR) is 73.4 cm³/mol. The maximum Gasteiger partial charge on any atom is 0.233 e. The Morgan fingerprint density at radius 1 is 1.29 bits per heavy atom. The minimum atomic E-state index is -0.121. The summed E-state index contributed by atoms with van der Waals surface area (Å²) in [5.74, 6) is 5.80. The maximum atomic E-state index is 10.9. The molecule has 1 aromatic carbocycles. The molecule has 0 aliphatic rings. The summed E-state index contributed by atoms with van der Waals surface area (Å²) < 4.78 is 0. The lowest BCUT2D eigenvalue weighted by atomic mass is 10.2. The first kappa shape index (κ1) is 14.6. The number of halogens is 2. The second-order valence-corrected chi connectivity index (χ2v) is 5.43. The Bertz CT molecular complexity index is 388. The molecule has 0 aromatic heterocycles. The van der Waals surface area contributed by atoms with E-state index in [-0.39, 0.29) is 5.91 Å². The van der Waals surface area contributed by atoms with Crippen LogP contribution in [0.15, 0.2) is 23.1 Å². The summed E-state index contributed by atoms with van der Waals surface area (Å²) in [6, 6.07) is 5.57. The second-order valence-electron chi connectivity index (χ2n) is 3.45. The highest BCUT2D eigenvalue weighted by atomic mass is 35.5. The van der Waals surface area contributed by atoms with Crippen molar-refractivity contribution in [1.82, 2.24) is 5.43 Å². The molecule has 0 heterocycles. The number of nitrogens with two attached hydrogens (primary N) is 1. The van der Waals surface area contributed by atoms with Gasteiger partial charge in [-0.2, -0.15) is 0 Å². The number of carbonyl (C=O) groups excluding carboxylic acids is 1. The number of carbonyl (C=O) groups is 1. The molecule has 6 heteroatoms. The van der Waals surface area contributed by atoms with Crippen LogP contribution in [0.25, 0.3) is 0 Å². The van der Waals surface area contributed by atoms with Crippen molar-refractivity contribution in [2.24, 2.45) is 5.84 Å². The lowest BCUT2D eigenvalue weighted by Gasteiger charge is -2.03. The Morgan fingerprint density at radius 3 is 2.71 bits per heavy atom. The number of rotatable bonds is 6. The van der Waals surface area contributed by atoms with Gasteiger partial charge in [0, 0.05) is 11.3 Å². The minimum absolute atomic E-state index is 0.121. The fourth-order valence-corrected chi connectivity index (χ4v) is 2.53. The molecule has 0 bridgehead atoms. The Labute approximate surface area is 115 Å². The van der Waals surface area contributed by atoms with Crippen molar-refractivity contribution in [2.75, 3.05) is 5.75 Å². The summed E-state index contributed by atoms with van der Waals surface area (Å²) in [7, 11) is 0. The molecule has 0 aliphatic heterocycles. The SMILES string of the molecule is NNC(=O)CCCCSc1ccc(Cl)c(Cl)c1. The molecular weight excluding hydrogens is 279 g/mol. The zero-order valence-corrected chi connectivity index (χ0v) is 11.5. The van der Waals surface area contributed by atoms with E-state index in [1.54, 1.807) is 17.8 Å². The lowest BCUT2D eigenvalue weighted by molar-refractivity contribution is -0.121. The van der Waals surface area contributed by atoms with Gasteiger partial charge in [0.05, 0.1) is 10.0 Å². The van der Waals surface area contributed by atoms with E-state index < -0.39 is 0 Å². The van der Waals surface area contributed by atoms with Crippen molar-refractivity contribution in [2.45, 2.75) is 24.2 Å². The Kier molecular flexibility index (Phi) is 6.73. The van der Waals surface area contributed by atoms with Gasteiger partial charge in [-0.1, -0.05) is 23.2 Å². The fraction of sp³-hybridized carbons (Fsp3) is 0.364. The highest BCUT2D eigenvalue weighted by Gasteiger charge is 2.01. The largest absolute Gasteiger partial charge is 0.294 e. The van der Waals surface area contributed by atoms with E-state index in [9.17, 15) is 4.79 Å². The topological polar surface area (TPSA) is 55.1 Å². The number of benzene rings is 1. The molecule has 0 saturated carbocycles. The normalized spacial score (nSPS) is 10.3. The van der Waals surface area contributed by atoms with E-state index in [2.05, 4.69) is 5.43 Å². The third-order valence-electron chi connectivity index (χ3n) is 2.12. The fourth-order valence-electron chi connectivity index (χ4n) is 1.22. The van der Waals surface area contributed by atoms with Gasteiger partial charge in [-0.05, 0) is 36.8 Å². The number of nitrogens with one attached hydrogen (secondary N) is 1. The number of hydrazine groups is 1. The summed E-state index contributed by atoms with van der Waals surface area (Å²) in [4.78, 5) is 11.9. The van der Waals surface area contributed by atoms with Gasteiger partial charge >= 0.3 is 0 Å². The van der Waals surface area contributed by atoms with Crippen molar-refractivity contribution >= 4 is 40.9 Å². The minimum Gasteiger partial charge on any atom is -0.294 e. The van der Waals surface area contributed by atoms with Crippen LogP contribution in [0.4, 0.5) is 0 Å². The molecule has 0 saturated heterocycles. The average molecular weight is 293 g/mol. The van der Waals surface area contributed by atoms with Crippen molar-refractivity contribution in [3.05, 3.63) is 28.2 Å². The van der Waals surface area contributed by atoms with Gasteiger partial charge in [0.2, 0.25) is 5.91 Å². The van der Waals surface area contributed by atoms with E-state index in [4.69, 9.17) is 29.0 Å². The van der Waals surface area contributed by atoms with Gasteiger partial charge in [-0.15, -0.1) is 11.8 Å². The van der Waals surface area contributed by atoms with Gasteiger partial charge in [-0.3, -0.25) is 10.2 Å². The third-order valence-corrected chi connectivity index (χ3v) is 3.94. The molecule has 0 aliphatic carbocycles. The van der Waals surface area contributed by atoms with Gasteiger partial charge in [0.1, 0.15) is 0 Å². The molecule has 0 unspecified atom stereocenters. The molecule has 17 heavy (non-hydrogen) atoms. The lowest BCUT2D eigenvalue weighted by Crippen LogP contribution is -2.29. The molecule has 1 amide bonds. The molecule has 1 rings (SSSR count). The highest BCUT2D eigenvalue weighted by Crippen LogP contribution is 2.28. The monoisotopic (exact) mass is 292 g/mol. The Balaban J connectivity index is 2.22. The average Bonchev–Trinajstić information content (AvgIpc) is 2.33. The maximum absolute atomic E-state index is 10.9. The molecule has 0 fully saturated rings. The molecule has 3 nitrogen and oxygen atoms in total. The summed E-state index contributed by atoms with van der Waals surface area (Å²) in [5, 5.41) is 1.13. The molecule has 94 valence electrons. The zero-order chi connectivity index (χ0) is 12.7. The van der Waals surface area contributed by atoms with Crippen LogP contribution in [-0.2, 0) is 4.79 Å². The number of hydrogen-bond donors (Lipinski definition) is 2. The van der Waals surface area contributed by atoms with Crippen LogP contribution < -0.4 is 11.3 Å². The van der Waals surface area contributed by atoms with Gasteiger partial charge in [-0.25, -0.2) is 5.84 Å². The molecule has 0 atom stereocenters. The summed E-state index contributed by atoms with van der Waals surface area (Å²) in [5.41, 5.74) is 2.11. The predicted octanol–water partition coefficient (Wildman–Crippen LogP) is 3.25. The quantitative estimate of drug-likeness (QED) is 0.278. The first-order chi connectivity index (χ1) is 8.13. The van der Waals surface area contributed by atoms with Gasteiger partial charge in [0.15, 0.2) is 0 Å². The van der Waals surface area contributed by atoms with Crippen LogP contribution in [0.5, 0.6) is 0 Å². The smallest absolute Gasteiger partial charge is 0.233 e. The highest BCUT2D eigenvalue weighted by molar-refractivity contribution is 7.99. The number of hydrogen-bond acceptors (Lipinski definition) is 3. The van der Waals surface area contributed by atoms with E-state index >= 15 is 0 Å². The van der Waals surface area contributed by atoms with Gasteiger partial charge < -0.3 is 0 Å². The molecular formula is C11H14Cl2N2OS. The molecule has 1 aromatic rings. The Hall–Kier alpha value is -0.420. The first-order valence-corrected chi connectivity index (χ1v) is 6.95. The second kappa shape index (κ2) is 7.82. The number of amides is 1. The first-order valence-electron chi connectivity index (χ1n) is 5.21. The van der Waals surface area contributed by atoms with Crippen LogP contribution in [0.1, 0.15) is 19.3 Å². The van der Waals surface area contributed by atoms with Crippen LogP contribution in [0.2, 0.25) is 10.0 Å². The molecule has 0 spiro atoms. The van der Waals surface area contributed by atoms with Crippen LogP contribution in [0.3, 0.4) is 0 Å². The summed E-state index contributed by atoms with van der Waals surface area (Å²) >= 11 is 13.4. The third kappa shape index (κ3) is 5.64. The van der Waals surface area contributed by atoms with Crippen molar-refractivity contribution in [3.63, 3.8) is 0 Å². The van der Waals surface area contributed by atoms with Crippen LogP contribution >= 0.6 is 35.0 Å². The Morgan fingerprint density at radius 2 is 2.06 bits per heavy atom. The van der Waals surface area contributed by atoms with Gasteiger partial charge in [0.25, 0.3) is 0 Å². The van der Waals surface area contributed by atoms with Crippen LogP contribution in [-0.4, -0.2) is 11.7 Å². The number of thioether (sulfide) groups is 1. The van der Waals surface area contributed by atoms with E-state index in [0.29, 0.717) is 16.5 Å². The van der Waals surface area contributed by atoms with E-state index in [1.807, 2.05) is 12.1 Å². The summed E-state index contributed by atoms with van der Waals surface area (Å²) in [6.45, 7) is 0. The number of unbranched alkanes of at least 4 members (excludes halogenated alkanes) is 1. The molecule has 3 N–H and O–H groups in total. The van der Waals surface area contributed by atoms with Crippen molar-refractivity contribution < 1.29 is 4.79 Å².